The van der Waals surface area contributed by atoms with Crippen molar-refractivity contribution in [2.24, 2.45) is 0 Å². The van der Waals surface area contributed by atoms with Gasteiger partial charge in [0.2, 0.25) is 0 Å². The minimum atomic E-state index is -0.912. The van der Waals surface area contributed by atoms with Gasteiger partial charge in [-0.3, -0.25) is 9.59 Å². The number of aromatic nitrogens is 2. The van der Waals surface area contributed by atoms with Crippen LogP contribution in [0.4, 0.5) is 0 Å². The van der Waals surface area contributed by atoms with Crippen LogP contribution in [0.5, 0.6) is 0 Å². The van der Waals surface area contributed by atoms with Gasteiger partial charge in [-0.25, -0.2) is 4.98 Å². The summed E-state index contributed by atoms with van der Waals surface area (Å²) in [5.41, 5.74) is -1.12. The highest BCUT2D eigenvalue weighted by molar-refractivity contribution is 5.91. The van der Waals surface area contributed by atoms with Crippen LogP contribution >= 0.6 is 0 Å². The Bertz CT molecular complexity index is 487. The second kappa shape index (κ2) is 5.50. The van der Waals surface area contributed by atoms with Gasteiger partial charge in [-0.1, -0.05) is 0 Å². The molecule has 104 valence electrons. The molecule has 0 spiro atoms. The first-order valence-corrected chi connectivity index (χ1v) is 6.10. The summed E-state index contributed by atoms with van der Waals surface area (Å²) in [7, 11) is 1.60. The molecular formula is C12H17N3O4. The molecule has 2 rings (SSSR count). The first-order valence-electron chi connectivity index (χ1n) is 6.10. The van der Waals surface area contributed by atoms with Crippen molar-refractivity contribution in [3.8, 4) is 0 Å². The lowest BCUT2D eigenvalue weighted by Crippen LogP contribution is -2.47. The summed E-state index contributed by atoms with van der Waals surface area (Å²) in [5, 5.41) is 10.3. The highest BCUT2D eigenvalue weighted by Crippen LogP contribution is 2.21. The lowest BCUT2D eigenvalue weighted by atomic mass is 9.94. The van der Waals surface area contributed by atoms with E-state index in [-0.39, 0.29) is 23.7 Å². The number of ether oxygens (including phenoxy) is 1. The van der Waals surface area contributed by atoms with Gasteiger partial charge in [0.05, 0.1) is 11.8 Å². The maximum absolute atomic E-state index is 12.1. The molecule has 1 aliphatic rings. The van der Waals surface area contributed by atoms with Gasteiger partial charge in [-0.15, -0.1) is 0 Å². The van der Waals surface area contributed by atoms with Gasteiger partial charge in [0.1, 0.15) is 5.69 Å². The highest BCUT2D eigenvalue weighted by Gasteiger charge is 2.32. The quantitative estimate of drug-likeness (QED) is 0.761. The summed E-state index contributed by atoms with van der Waals surface area (Å²) in [6, 6.07) is 0. The minimum absolute atomic E-state index is 0.151. The summed E-state index contributed by atoms with van der Waals surface area (Å²) in [4.78, 5) is 30.5. The van der Waals surface area contributed by atoms with Crippen molar-refractivity contribution < 1.29 is 14.6 Å². The summed E-state index contributed by atoms with van der Waals surface area (Å²) in [6.07, 6.45) is 3.34. The number of likely N-dealkylation sites (N-methyl/N-ethyl adjacent to an activating group) is 1. The number of rotatable bonds is 3. The number of hydrogen-bond acceptors (Lipinski definition) is 5. The average Bonchev–Trinajstić information content (AvgIpc) is 2.39. The largest absolute Gasteiger partial charge is 0.388 e. The van der Waals surface area contributed by atoms with Gasteiger partial charge >= 0.3 is 0 Å². The number of carbonyl (C=O) groups is 1. The molecule has 1 aromatic rings. The lowest BCUT2D eigenvalue weighted by Gasteiger charge is -2.35. The van der Waals surface area contributed by atoms with Crippen molar-refractivity contribution in [1.29, 1.82) is 0 Å². The Morgan fingerprint density at radius 2 is 2.26 bits per heavy atom. The van der Waals surface area contributed by atoms with Crippen molar-refractivity contribution >= 4 is 5.91 Å². The first kappa shape index (κ1) is 13.7. The molecule has 0 atom stereocenters. The predicted molar refractivity (Wildman–Crippen MR) is 66.8 cm³/mol. The molecule has 0 bridgehead atoms. The van der Waals surface area contributed by atoms with Crippen LogP contribution < -0.4 is 5.56 Å². The van der Waals surface area contributed by atoms with E-state index >= 15 is 0 Å². The monoisotopic (exact) mass is 267 g/mol. The summed E-state index contributed by atoms with van der Waals surface area (Å²) in [5.74, 6) is -0.337. The maximum atomic E-state index is 12.1. The number of carbonyl (C=O) groups excluding carboxylic acids is 1. The van der Waals surface area contributed by atoms with Gasteiger partial charge in [0, 0.05) is 45.8 Å². The molecule has 0 aromatic carbocycles. The van der Waals surface area contributed by atoms with Crippen LogP contribution in [0.2, 0.25) is 0 Å². The minimum Gasteiger partial charge on any atom is -0.388 e. The molecule has 1 fully saturated rings. The maximum Gasteiger partial charge on any atom is 0.273 e. The van der Waals surface area contributed by atoms with Gasteiger partial charge in [-0.05, 0) is 0 Å². The Hall–Kier alpha value is -1.73. The fourth-order valence-corrected chi connectivity index (χ4v) is 2.08. The van der Waals surface area contributed by atoms with Gasteiger partial charge in [0.25, 0.3) is 11.5 Å². The highest BCUT2D eigenvalue weighted by atomic mass is 16.5. The number of hydrogen-bond donors (Lipinski definition) is 2. The molecule has 2 N–H and O–H groups in total. The second-order valence-corrected chi connectivity index (χ2v) is 4.79. The standard InChI is InChI=1S/C12H17N3O4/c1-15(8-12(18)2-4-19-5-3-12)11(17)9-6-14-10(16)7-13-9/h6-7,18H,2-5,8H2,1H3,(H,14,16). The zero-order chi connectivity index (χ0) is 13.9. The van der Waals surface area contributed by atoms with Gasteiger partial charge in [-0.2, -0.15) is 0 Å². The molecule has 1 amide bonds. The van der Waals surface area contributed by atoms with Crippen molar-refractivity contribution in [1.82, 2.24) is 14.9 Å². The van der Waals surface area contributed by atoms with Crippen LogP contribution in [0.1, 0.15) is 23.3 Å². The van der Waals surface area contributed by atoms with Crippen LogP contribution in [-0.4, -0.2) is 58.3 Å². The van der Waals surface area contributed by atoms with E-state index in [1.165, 1.54) is 11.1 Å². The molecule has 1 saturated heterocycles. The van der Waals surface area contributed by atoms with Crippen LogP contribution in [0.3, 0.4) is 0 Å². The Morgan fingerprint density at radius 3 is 2.84 bits per heavy atom. The fourth-order valence-electron chi connectivity index (χ4n) is 2.08. The zero-order valence-electron chi connectivity index (χ0n) is 10.8. The smallest absolute Gasteiger partial charge is 0.273 e. The molecule has 7 nitrogen and oxygen atoms in total. The van der Waals surface area contributed by atoms with Crippen LogP contribution in [0, 0.1) is 0 Å². The summed E-state index contributed by atoms with van der Waals surface area (Å²) >= 11 is 0. The Balaban J connectivity index is 2.02. The van der Waals surface area contributed by atoms with Crippen molar-refractivity contribution in [3.63, 3.8) is 0 Å². The number of aromatic amines is 1. The van der Waals surface area contributed by atoms with Gasteiger partial charge in [0.15, 0.2) is 0 Å². The van der Waals surface area contributed by atoms with E-state index in [0.29, 0.717) is 26.1 Å². The summed E-state index contributed by atoms with van der Waals surface area (Å²) < 4.78 is 5.19. The summed E-state index contributed by atoms with van der Waals surface area (Å²) in [6.45, 7) is 1.21. The molecule has 1 aliphatic heterocycles. The van der Waals surface area contributed by atoms with Crippen molar-refractivity contribution in [2.45, 2.75) is 18.4 Å². The van der Waals surface area contributed by atoms with Crippen LogP contribution in [0.25, 0.3) is 0 Å². The van der Waals surface area contributed by atoms with E-state index in [0.717, 1.165) is 6.20 Å². The van der Waals surface area contributed by atoms with Crippen molar-refractivity contribution in [3.05, 3.63) is 28.4 Å². The van der Waals surface area contributed by atoms with E-state index in [2.05, 4.69) is 9.97 Å². The first-order chi connectivity index (χ1) is 9.00. The molecular weight excluding hydrogens is 250 g/mol. The van der Waals surface area contributed by atoms with E-state index in [4.69, 9.17) is 4.74 Å². The predicted octanol–water partition coefficient (Wildman–Crippen LogP) is -0.617. The zero-order valence-corrected chi connectivity index (χ0v) is 10.8. The molecule has 0 saturated carbocycles. The van der Waals surface area contributed by atoms with Crippen LogP contribution in [-0.2, 0) is 4.74 Å². The number of amides is 1. The third kappa shape index (κ3) is 3.39. The topological polar surface area (TPSA) is 95.5 Å². The Labute approximate surface area is 110 Å². The van der Waals surface area contributed by atoms with Crippen molar-refractivity contribution in [2.75, 3.05) is 26.8 Å². The molecule has 7 heteroatoms. The SMILES string of the molecule is CN(CC1(O)CCOCC1)C(=O)c1c[nH]c(=O)cn1. The van der Waals surface area contributed by atoms with Gasteiger partial charge < -0.3 is 19.7 Å². The number of nitrogens with one attached hydrogen (secondary N) is 1. The third-order valence-electron chi connectivity index (χ3n) is 3.19. The average molecular weight is 267 g/mol. The van der Waals surface area contributed by atoms with E-state index in [1.807, 2.05) is 0 Å². The molecule has 2 heterocycles. The molecule has 0 unspecified atom stereocenters. The molecule has 19 heavy (non-hydrogen) atoms. The fraction of sp³-hybridized carbons (Fsp3) is 0.583. The molecule has 0 aliphatic carbocycles. The van der Waals surface area contributed by atoms with E-state index in [1.54, 1.807) is 7.05 Å². The lowest BCUT2D eigenvalue weighted by molar-refractivity contribution is -0.0734. The number of aliphatic hydroxyl groups is 1. The Kier molecular flexibility index (Phi) is 3.96. The van der Waals surface area contributed by atoms with Crippen LogP contribution in [0.15, 0.2) is 17.2 Å². The normalized spacial score (nSPS) is 18.0. The molecule has 0 radical (unpaired) electrons. The number of H-pyrrole nitrogens is 1. The van der Waals surface area contributed by atoms with E-state index in [9.17, 15) is 14.7 Å². The Morgan fingerprint density at radius 1 is 1.58 bits per heavy atom. The van der Waals surface area contributed by atoms with E-state index < -0.39 is 5.60 Å². The number of nitrogens with zero attached hydrogens (tertiary/aromatic N) is 2. The molecule has 1 aromatic heterocycles. The second-order valence-electron chi connectivity index (χ2n) is 4.79. The third-order valence-corrected chi connectivity index (χ3v) is 3.19.